The maximum Gasteiger partial charge on any atom is 0.325 e. The molecule has 0 heterocycles. The quantitative estimate of drug-likeness (QED) is 0.782. The van der Waals surface area contributed by atoms with Crippen molar-refractivity contribution in [1.29, 1.82) is 0 Å². The number of urea groups is 1. The molecule has 3 amide bonds. The lowest BCUT2D eigenvalue weighted by Crippen LogP contribution is -2.41. The minimum absolute atomic E-state index is 0.0198. The molecule has 0 aromatic heterocycles. The number of esters is 1. The summed E-state index contributed by atoms with van der Waals surface area (Å²) in [6, 6.07) is 11.8. The van der Waals surface area contributed by atoms with E-state index in [2.05, 4.69) is 10.6 Å². The predicted octanol–water partition coefficient (Wildman–Crippen LogP) is 3.30. The van der Waals surface area contributed by atoms with Crippen molar-refractivity contribution in [1.82, 2.24) is 5.32 Å². The average molecular weight is 379 g/mol. The molecule has 0 aliphatic heterocycles. The fourth-order valence-corrected chi connectivity index (χ4v) is 2.27. The first-order valence-corrected chi connectivity index (χ1v) is 8.04. The Morgan fingerprint density at radius 3 is 2.46 bits per heavy atom. The average Bonchev–Trinajstić information content (AvgIpc) is 2.59. The number of carbonyl (C=O) groups excluding carboxylic acids is 3. The Bertz CT molecular complexity index is 794. The smallest absolute Gasteiger partial charge is 0.325 e. The Morgan fingerprint density at radius 2 is 1.81 bits per heavy atom. The third-order valence-corrected chi connectivity index (χ3v) is 3.68. The number of carbonyl (C=O) groups is 3. The molecule has 0 aliphatic rings. The van der Waals surface area contributed by atoms with Crippen LogP contribution < -0.4 is 10.6 Å². The molecule has 0 bridgehead atoms. The van der Waals surface area contributed by atoms with Crippen LogP contribution in [-0.2, 0) is 20.7 Å². The van der Waals surface area contributed by atoms with Crippen LogP contribution in [0.15, 0.2) is 48.5 Å². The Labute approximate surface area is 154 Å². The molecule has 2 rings (SSSR count). The molecule has 136 valence electrons. The largest absolute Gasteiger partial charge is 0.452 e. The third kappa shape index (κ3) is 5.56. The number of amides is 3. The second-order valence-corrected chi connectivity index (χ2v) is 5.73. The summed E-state index contributed by atoms with van der Waals surface area (Å²) in [5.41, 5.74) is 0.477. The van der Waals surface area contributed by atoms with Gasteiger partial charge in [0.05, 0.1) is 6.42 Å². The summed E-state index contributed by atoms with van der Waals surface area (Å²) in [4.78, 5) is 35.5. The minimum atomic E-state index is -1.24. The van der Waals surface area contributed by atoms with E-state index < -0.39 is 36.2 Å². The monoisotopic (exact) mass is 378 g/mol. The highest BCUT2D eigenvalue weighted by Gasteiger charge is 2.21. The van der Waals surface area contributed by atoms with Gasteiger partial charge < -0.3 is 10.1 Å². The van der Waals surface area contributed by atoms with Gasteiger partial charge in [-0.1, -0.05) is 35.9 Å². The number of hydrogen-bond acceptors (Lipinski definition) is 4. The molecule has 1 unspecified atom stereocenters. The molecule has 8 heteroatoms. The molecule has 2 aromatic rings. The van der Waals surface area contributed by atoms with E-state index in [1.807, 2.05) is 0 Å². The number of halogens is 2. The number of rotatable bonds is 5. The van der Waals surface area contributed by atoms with Crippen LogP contribution in [0.4, 0.5) is 14.9 Å². The van der Waals surface area contributed by atoms with Gasteiger partial charge in [-0.05, 0) is 31.2 Å². The van der Waals surface area contributed by atoms with Crippen molar-refractivity contribution in [3.05, 3.63) is 64.9 Å². The van der Waals surface area contributed by atoms with Crippen LogP contribution in [-0.4, -0.2) is 24.0 Å². The molecule has 0 radical (unpaired) electrons. The fraction of sp³-hybridized carbons (Fsp3) is 0.167. The molecule has 6 nitrogen and oxygen atoms in total. The summed E-state index contributed by atoms with van der Waals surface area (Å²) in [5, 5.41) is 4.60. The number of nitrogens with one attached hydrogen (secondary N) is 2. The van der Waals surface area contributed by atoms with Gasteiger partial charge in [-0.3, -0.25) is 14.9 Å². The summed E-state index contributed by atoms with van der Waals surface area (Å²) in [6.45, 7) is 1.30. The summed E-state index contributed by atoms with van der Waals surface area (Å²) < 4.78 is 18.6. The van der Waals surface area contributed by atoms with Crippen LogP contribution in [0.25, 0.3) is 0 Å². The van der Waals surface area contributed by atoms with Gasteiger partial charge in [0.1, 0.15) is 5.82 Å². The first-order valence-electron chi connectivity index (χ1n) is 7.66. The molecule has 0 saturated heterocycles. The van der Waals surface area contributed by atoms with E-state index in [0.29, 0.717) is 5.69 Å². The van der Waals surface area contributed by atoms with Gasteiger partial charge in [0.15, 0.2) is 6.10 Å². The van der Waals surface area contributed by atoms with E-state index in [9.17, 15) is 18.8 Å². The van der Waals surface area contributed by atoms with Crippen LogP contribution in [0.2, 0.25) is 5.02 Å². The van der Waals surface area contributed by atoms with Crippen molar-refractivity contribution in [3.63, 3.8) is 0 Å². The van der Waals surface area contributed by atoms with Crippen molar-refractivity contribution >= 4 is 35.2 Å². The number of imide groups is 1. The zero-order valence-corrected chi connectivity index (χ0v) is 14.5. The lowest BCUT2D eigenvalue weighted by atomic mass is 10.1. The maximum absolute atomic E-state index is 13.7. The van der Waals surface area contributed by atoms with E-state index in [-0.39, 0.29) is 10.6 Å². The highest BCUT2D eigenvalue weighted by atomic mass is 35.5. The second-order valence-electron chi connectivity index (χ2n) is 5.32. The Hall–Kier alpha value is -2.93. The fourth-order valence-electron chi connectivity index (χ4n) is 2.04. The highest BCUT2D eigenvalue weighted by molar-refractivity contribution is 6.31. The highest BCUT2D eigenvalue weighted by Crippen LogP contribution is 2.20. The van der Waals surface area contributed by atoms with Gasteiger partial charge in [0.25, 0.3) is 5.91 Å². The van der Waals surface area contributed by atoms with Crippen molar-refractivity contribution in [2.45, 2.75) is 19.4 Å². The van der Waals surface area contributed by atoms with E-state index in [1.165, 1.54) is 25.1 Å². The number of para-hydroxylation sites is 1. The van der Waals surface area contributed by atoms with Crippen molar-refractivity contribution in [3.8, 4) is 0 Å². The topological polar surface area (TPSA) is 84.5 Å². The van der Waals surface area contributed by atoms with Crippen LogP contribution >= 0.6 is 11.6 Å². The molecule has 0 fully saturated rings. The maximum atomic E-state index is 13.7. The predicted molar refractivity (Wildman–Crippen MR) is 94.3 cm³/mol. The summed E-state index contributed by atoms with van der Waals surface area (Å²) >= 11 is 5.84. The van der Waals surface area contributed by atoms with Crippen LogP contribution in [0.3, 0.4) is 0 Å². The molecular weight excluding hydrogens is 363 g/mol. The number of benzene rings is 2. The van der Waals surface area contributed by atoms with Gasteiger partial charge in [0, 0.05) is 16.3 Å². The standard InChI is InChI=1S/C18H16ClFN2O4/c1-11(17(24)22-18(25)21-12-6-3-2-4-7-12)26-16(23)10-13-14(19)8-5-9-15(13)20/h2-9,11H,10H2,1H3,(H2,21,22,24,25). The van der Waals surface area contributed by atoms with Gasteiger partial charge in [-0.15, -0.1) is 0 Å². The zero-order chi connectivity index (χ0) is 19.1. The van der Waals surface area contributed by atoms with E-state index in [1.54, 1.807) is 30.3 Å². The van der Waals surface area contributed by atoms with E-state index in [4.69, 9.17) is 16.3 Å². The van der Waals surface area contributed by atoms with Gasteiger partial charge in [-0.25, -0.2) is 9.18 Å². The number of anilines is 1. The van der Waals surface area contributed by atoms with Gasteiger partial charge in [-0.2, -0.15) is 0 Å². The normalized spacial score (nSPS) is 11.3. The lowest BCUT2D eigenvalue weighted by Gasteiger charge is -2.14. The van der Waals surface area contributed by atoms with Crippen molar-refractivity contribution in [2.75, 3.05) is 5.32 Å². The van der Waals surface area contributed by atoms with Crippen LogP contribution in [0.5, 0.6) is 0 Å². The van der Waals surface area contributed by atoms with E-state index >= 15 is 0 Å². The minimum Gasteiger partial charge on any atom is -0.452 e. The Morgan fingerprint density at radius 1 is 1.12 bits per heavy atom. The van der Waals surface area contributed by atoms with Crippen LogP contribution in [0, 0.1) is 5.82 Å². The number of ether oxygens (including phenoxy) is 1. The molecule has 0 saturated carbocycles. The molecule has 26 heavy (non-hydrogen) atoms. The van der Waals surface area contributed by atoms with Gasteiger partial charge in [0.2, 0.25) is 0 Å². The lowest BCUT2D eigenvalue weighted by molar-refractivity contribution is -0.153. The van der Waals surface area contributed by atoms with E-state index in [0.717, 1.165) is 0 Å². The number of hydrogen-bond donors (Lipinski definition) is 2. The summed E-state index contributed by atoms with van der Waals surface area (Å²) in [6.07, 6.45) is -1.67. The van der Waals surface area contributed by atoms with Crippen molar-refractivity contribution in [2.24, 2.45) is 0 Å². The first kappa shape index (κ1) is 19.4. The summed E-state index contributed by atoms with van der Waals surface area (Å²) in [7, 11) is 0. The summed E-state index contributed by atoms with van der Waals surface area (Å²) in [5.74, 6) is -2.30. The Balaban J connectivity index is 1.86. The molecule has 1 atom stereocenters. The third-order valence-electron chi connectivity index (χ3n) is 3.33. The molecule has 2 aromatic carbocycles. The molecular formula is C18H16ClFN2O4. The molecule has 0 aliphatic carbocycles. The van der Waals surface area contributed by atoms with Crippen molar-refractivity contribution < 1.29 is 23.5 Å². The van der Waals surface area contributed by atoms with Crippen LogP contribution in [0.1, 0.15) is 12.5 Å². The van der Waals surface area contributed by atoms with Gasteiger partial charge >= 0.3 is 12.0 Å². The molecule has 0 spiro atoms. The SMILES string of the molecule is CC(OC(=O)Cc1c(F)cccc1Cl)C(=O)NC(=O)Nc1ccccc1. The first-order chi connectivity index (χ1) is 12.4. The Kier molecular flexibility index (Phi) is 6.68. The second kappa shape index (κ2) is 8.96. The molecule has 2 N–H and O–H groups in total. The zero-order valence-electron chi connectivity index (χ0n) is 13.8.